The van der Waals surface area contributed by atoms with E-state index < -0.39 is 5.60 Å². The van der Waals surface area contributed by atoms with E-state index in [1.807, 2.05) is 52.2 Å². The van der Waals surface area contributed by atoms with Crippen LogP contribution in [0.15, 0.2) is 41.9 Å². The van der Waals surface area contributed by atoms with Crippen LogP contribution in [0.2, 0.25) is 0 Å². The van der Waals surface area contributed by atoms with Crippen LogP contribution in [0.3, 0.4) is 0 Å². The zero-order valence-electron chi connectivity index (χ0n) is 16.7. The standard InChI is InChI=1S/C20H28N4O2S/c1-7-15(8-2)10-12-24-16(9-11-21-24)18(25)23-19-22-17(13-27-19)20(5,6)26-14(3)4/h7-9,11,13-14H,1,10,12H2,2-6H3,(H,22,23,25)/b15-8+. The van der Waals surface area contributed by atoms with Gasteiger partial charge in [-0.25, -0.2) is 4.98 Å². The summed E-state index contributed by atoms with van der Waals surface area (Å²) in [7, 11) is 0. The van der Waals surface area contributed by atoms with Crippen molar-refractivity contribution in [1.82, 2.24) is 14.8 Å². The van der Waals surface area contributed by atoms with Crippen molar-refractivity contribution in [3.05, 3.63) is 53.3 Å². The Morgan fingerprint density at radius 2 is 2.22 bits per heavy atom. The summed E-state index contributed by atoms with van der Waals surface area (Å²) in [5.74, 6) is -0.225. The van der Waals surface area contributed by atoms with Crippen molar-refractivity contribution in [2.45, 2.75) is 59.3 Å². The second-order valence-electron chi connectivity index (χ2n) is 6.93. The molecule has 0 spiro atoms. The van der Waals surface area contributed by atoms with Crippen LogP contribution in [-0.4, -0.2) is 26.8 Å². The number of amides is 1. The van der Waals surface area contributed by atoms with Crippen molar-refractivity contribution in [3.63, 3.8) is 0 Å². The predicted octanol–water partition coefficient (Wildman–Crippen LogP) is 4.77. The van der Waals surface area contributed by atoms with Gasteiger partial charge in [-0.2, -0.15) is 5.10 Å². The fourth-order valence-electron chi connectivity index (χ4n) is 2.72. The number of carbonyl (C=O) groups excluding carboxylic acids is 1. The van der Waals surface area contributed by atoms with E-state index in [0.29, 0.717) is 17.4 Å². The van der Waals surface area contributed by atoms with Crippen molar-refractivity contribution < 1.29 is 9.53 Å². The maximum atomic E-state index is 12.6. The number of rotatable bonds is 9. The summed E-state index contributed by atoms with van der Waals surface area (Å²) >= 11 is 1.39. The number of aryl methyl sites for hydroxylation is 1. The van der Waals surface area contributed by atoms with Crippen LogP contribution in [0.25, 0.3) is 0 Å². The molecule has 2 aromatic heterocycles. The van der Waals surface area contributed by atoms with E-state index in [2.05, 4.69) is 22.0 Å². The highest BCUT2D eigenvalue weighted by Gasteiger charge is 2.26. The molecule has 0 radical (unpaired) electrons. The first-order valence-corrected chi connectivity index (χ1v) is 9.89. The number of ether oxygens (including phenoxy) is 1. The van der Waals surface area contributed by atoms with Gasteiger partial charge in [0.1, 0.15) is 11.3 Å². The first-order chi connectivity index (χ1) is 12.8. The van der Waals surface area contributed by atoms with Crippen LogP contribution < -0.4 is 5.32 Å². The molecule has 0 aliphatic carbocycles. The van der Waals surface area contributed by atoms with Gasteiger partial charge in [0, 0.05) is 18.1 Å². The molecule has 146 valence electrons. The van der Waals surface area contributed by atoms with Gasteiger partial charge in [0.2, 0.25) is 0 Å². The van der Waals surface area contributed by atoms with Gasteiger partial charge in [0.25, 0.3) is 5.91 Å². The van der Waals surface area contributed by atoms with Crippen molar-refractivity contribution in [2.75, 3.05) is 5.32 Å². The van der Waals surface area contributed by atoms with E-state index in [-0.39, 0.29) is 12.0 Å². The van der Waals surface area contributed by atoms with Gasteiger partial charge in [-0.1, -0.05) is 24.3 Å². The number of allylic oxidation sites excluding steroid dienone is 3. The lowest BCUT2D eigenvalue weighted by Crippen LogP contribution is -2.26. The Bertz CT molecular complexity index is 818. The number of anilines is 1. The third-order valence-electron chi connectivity index (χ3n) is 4.07. The summed E-state index contributed by atoms with van der Waals surface area (Å²) in [6, 6.07) is 1.71. The Hall–Kier alpha value is -2.25. The summed E-state index contributed by atoms with van der Waals surface area (Å²) < 4.78 is 7.61. The lowest BCUT2D eigenvalue weighted by Gasteiger charge is -2.25. The van der Waals surface area contributed by atoms with E-state index in [9.17, 15) is 4.79 Å². The Balaban J connectivity index is 2.07. The average Bonchev–Trinajstić information content (AvgIpc) is 3.24. The van der Waals surface area contributed by atoms with Gasteiger partial charge in [-0.15, -0.1) is 11.3 Å². The minimum absolute atomic E-state index is 0.0896. The summed E-state index contributed by atoms with van der Waals surface area (Å²) in [4.78, 5) is 17.2. The van der Waals surface area contributed by atoms with Gasteiger partial charge in [-0.05, 0) is 47.1 Å². The van der Waals surface area contributed by atoms with Crippen LogP contribution >= 0.6 is 11.3 Å². The number of aromatic nitrogens is 3. The summed E-state index contributed by atoms with van der Waals surface area (Å²) in [5, 5.41) is 9.58. The Kier molecular flexibility index (Phi) is 7.10. The van der Waals surface area contributed by atoms with Gasteiger partial charge < -0.3 is 4.74 Å². The van der Waals surface area contributed by atoms with E-state index in [1.54, 1.807) is 16.9 Å². The van der Waals surface area contributed by atoms with Crippen molar-refractivity contribution >= 4 is 22.4 Å². The molecule has 2 aromatic rings. The molecule has 1 amide bonds. The Labute approximate surface area is 165 Å². The summed E-state index contributed by atoms with van der Waals surface area (Å²) in [6.07, 6.45) is 6.32. The molecule has 0 aliphatic rings. The molecule has 2 rings (SSSR count). The van der Waals surface area contributed by atoms with E-state index in [4.69, 9.17) is 4.74 Å². The topological polar surface area (TPSA) is 69.0 Å². The smallest absolute Gasteiger partial charge is 0.275 e. The van der Waals surface area contributed by atoms with E-state index >= 15 is 0 Å². The maximum absolute atomic E-state index is 12.6. The van der Waals surface area contributed by atoms with Crippen molar-refractivity contribution in [3.8, 4) is 0 Å². The molecule has 2 heterocycles. The Morgan fingerprint density at radius 1 is 1.48 bits per heavy atom. The van der Waals surface area contributed by atoms with Crippen molar-refractivity contribution in [1.29, 1.82) is 0 Å². The van der Waals surface area contributed by atoms with Gasteiger partial charge in [-0.3, -0.25) is 14.8 Å². The van der Waals surface area contributed by atoms with E-state index in [0.717, 1.165) is 17.7 Å². The number of hydrogen-bond acceptors (Lipinski definition) is 5. The second-order valence-corrected chi connectivity index (χ2v) is 7.78. The lowest BCUT2D eigenvalue weighted by atomic mass is 10.1. The predicted molar refractivity (Wildman–Crippen MR) is 110 cm³/mol. The highest BCUT2D eigenvalue weighted by atomic mass is 32.1. The minimum Gasteiger partial charge on any atom is -0.367 e. The monoisotopic (exact) mass is 388 g/mol. The summed E-state index contributed by atoms with van der Waals surface area (Å²) in [6.45, 7) is 14.3. The molecule has 0 atom stereocenters. The minimum atomic E-state index is -0.511. The molecule has 0 aliphatic heterocycles. The molecule has 0 aromatic carbocycles. The van der Waals surface area contributed by atoms with E-state index in [1.165, 1.54) is 11.3 Å². The quantitative estimate of drug-likeness (QED) is 0.628. The largest absolute Gasteiger partial charge is 0.367 e. The lowest BCUT2D eigenvalue weighted by molar-refractivity contribution is -0.0623. The molecule has 0 bridgehead atoms. The molecule has 0 saturated carbocycles. The number of carbonyl (C=O) groups is 1. The van der Waals surface area contributed by atoms with Gasteiger partial charge in [0.15, 0.2) is 5.13 Å². The number of thiazole rings is 1. The average molecular weight is 389 g/mol. The first kappa shape index (κ1) is 21.1. The molecular weight excluding hydrogens is 360 g/mol. The zero-order valence-corrected chi connectivity index (χ0v) is 17.5. The number of nitrogens with zero attached hydrogens (tertiary/aromatic N) is 3. The zero-order chi connectivity index (χ0) is 20.0. The van der Waals surface area contributed by atoms with Crippen LogP contribution in [0.5, 0.6) is 0 Å². The molecular formula is C20H28N4O2S. The van der Waals surface area contributed by atoms with Crippen LogP contribution in [0.1, 0.15) is 57.2 Å². The molecule has 6 nitrogen and oxygen atoms in total. The van der Waals surface area contributed by atoms with Crippen LogP contribution in [0.4, 0.5) is 5.13 Å². The molecule has 0 fully saturated rings. The highest BCUT2D eigenvalue weighted by Crippen LogP contribution is 2.29. The third kappa shape index (κ3) is 5.61. The fourth-order valence-corrected chi connectivity index (χ4v) is 3.58. The number of nitrogens with one attached hydrogen (secondary N) is 1. The van der Waals surface area contributed by atoms with Crippen LogP contribution in [-0.2, 0) is 16.9 Å². The fraction of sp³-hybridized carbons (Fsp3) is 0.450. The second kappa shape index (κ2) is 9.10. The molecule has 0 unspecified atom stereocenters. The number of hydrogen-bond donors (Lipinski definition) is 1. The molecule has 0 saturated heterocycles. The molecule has 1 N–H and O–H groups in total. The summed E-state index contributed by atoms with van der Waals surface area (Å²) in [5.41, 5.74) is 1.91. The SMILES string of the molecule is C=C/C(=C\C)CCn1nccc1C(=O)Nc1nc(C(C)(C)OC(C)C)cs1. The highest BCUT2D eigenvalue weighted by molar-refractivity contribution is 7.14. The maximum Gasteiger partial charge on any atom is 0.275 e. The Morgan fingerprint density at radius 3 is 2.85 bits per heavy atom. The third-order valence-corrected chi connectivity index (χ3v) is 4.82. The van der Waals surface area contributed by atoms with Gasteiger partial charge in [0.05, 0.1) is 11.8 Å². The molecule has 7 heteroatoms. The van der Waals surface area contributed by atoms with Crippen molar-refractivity contribution in [2.24, 2.45) is 0 Å². The molecule has 27 heavy (non-hydrogen) atoms. The first-order valence-electron chi connectivity index (χ1n) is 9.01. The van der Waals surface area contributed by atoms with Crippen LogP contribution in [0, 0.1) is 0 Å². The van der Waals surface area contributed by atoms with Gasteiger partial charge >= 0.3 is 0 Å². The normalized spacial score (nSPS) is 12.4.